The summed E-state index contributed by atoms with van der Waals surface area (Å²) in [5.74, 6) is 1.79. The first kappa shape index (κ1) is 32.4. The summed E-state index contributed by atoms with van der Waals surface area (Å²) in [6.07, 6.45) is 16.6. The van der Waals surface area contributed by atoms with E-state index >= 15 is 0 Å². The number of nitrogens with one attached hydrogen (secondary N) is 2. The third-order valence-corrected chi connectivity index (χ3v) is 7.92. The minimum Gasteiger partial charge on any atom is -0.380 e. The lowest BCUT2D eigenvalue weighted by Gasteiger charge is -2.21. The molecule has 1 aliphatic heterocycles. The molecule has 0 aromatic rings. The molecule has 2 N–H and O–H groups in total. The Labute approximate surface area is 226 Å². The van der Waals surface area contributed by atoms with Gasteiger partial charge in [-0.3, -0.25) is 9.79 Å². The van der Waals surface area contributed by atoms with E-state index in [9.17, 15) is 4.79 Å². The SMILES string of the molecule is C=C=C(C)NC1CCCC(CC(=O)C(=NC)C2=C(C)CCCC2)CC1.CC.CCCC1CCNCC1.[HH].[HH]. The fourth-order valence-corrected chi connectivity index (χ4v) is 5.83. The highest BCUT2D eigenvalue weighted by Crippen LogP contribution is 2.29. The van der Waals surface area contributed by atoms with Crippen molar-refractivity contribution in [2.45, 2.75) is 131 Å². The van der Waals surface area contributed by atoms with Crippen molar-refractivity contribution in [3.8, 4) is 0 Å². The zero-order valence-electron chi connectivity index (χ0n) is 24.6. The molecule has 0 bridgehead atoms. The maximum Gasteiger partial charge on any atom is 0.181 e. The summed E-state index contributed by atoms with van der Waals surface area (Å²) in [7, 11) is 1.78. The quantitative estimate of drug-likeness (QED) is 0.198. The highest BCUT2D eigenvalue weighted by Gasteiger charge is 2.25. The van der Waals surface area contributed by atoms with Gasteiger partial charge in [0.1, 0.15) is 5.71 Å². The molecule has 4 heteroatoms. The van der Waals surface area contributed by atoms with Crippen LogP contribution in [-0.2, 0) is 4.79 Å². The van der Waals surface area contributed by atoms with Crippen LogP contribution in [0.1, 0.15) is 127 Å². The molecule has 2 unspecified atom stereocenters. The van der Waals surface area contributed by atoms with Crippen LogP contribution in [0.25, 0.3) is 0 Å². The van der Waals surface area contributed by atoms with E-state index in [2.05, 4.69) is 41.8 Å². The number of carbonyl (C=O) groups is 1. The van der Waals surface area contributed by atoms with E-state index in [0.717, 1.165) is 49.4 Å². The van der Waals surface area contributed by atoms with Gasteiger partial charge in [0.05, 0.1) is 5.70 Å². The lowest BCUT2D eigenvalue weighted by molar-refractivity contribution is -0.113. The van der Waals surface area contributed by atoms with Gasteiger partial charge in [0, 0.05) is 22.4 Å². The Balaban J connectivity index is 0. The van der Waals surface area contributed by atoms with Crippen molar-refractivity contribution >= 4 is 11.5 Å². The largest absolute Gasteiger partial charge is 0.380 e. The van der Waals surface area contributed by atoms with Gasteiger partial charge in [0.25, 0.3) is 0 Å². The van der Waals surface area contributed by atoms with Crippen LogP contribution in [0, 0.1) is 11.8 Å². The van der Waals surface area contributed by atoms with E-state index in [1.165, 1.54) is 75.6 Å². The predicted molar refractivity (Wildman–Crippen MR) is 162 cm³/mol. The summed E-state index contributed by atoms with van der Waals surface area (Å²) in [5, 5.41) is 6.87. The molecule has 1 saturated heterocycles. The van der Waals surface area contributed by atoms with Crippen LogP contribution in [0.5, 0.6) is 0 Å². The second-order valence-corrected chi connectivity index (χ2v) is 10.7. The van der Waals surface area contributed by atoms with E-state index in [4.69, 9.17) is 0 Å². The summed E-state index contributed by atoms with van der Waals surface area (Å²) in [5.41, 5.74) is 7.32. The number of piperidine rings is 1. The number of carbonyl (C=O) groups excluding carboxylic acids is 1. The molecular weight excluding hydrogens is 442 g/mol. The first-order valence-corrected chi connectivity index (χ1v) is 15.0. The zero-order valence-corrected chi connectivity index (χ0v) is 24.6. The van der Waals surface area contributed by atoms with Crippen molar-refractivity contribution < 1.29 is 7.65 Å². The summed E-state index contributed by atoms with van der Waals surface area (Å²) < 4.78 is 0. The molecule has 0 aromatic carbocycles. The normalized spacial score (nSPS) is 23.2. The lowest BCUT2D eigenvalue weighted by atomic mass is 9.85. The van der Waals surface area contributed by atoms with Gasteiger partial charge in [-0.25, -0.2) is 0 Å². The third-order valence-electron chi connectivity index (χ3n) is 7.92. The van der Waals surface area contributed by atoms with Crippen LogP contribution in [0.4, 0.5) is 0 Å². The van der Waals surface area contributed by atoms with Crippen LogP contribution in [-0.4, -0.2) is 37.7 Å². The van der Waals surface area contributed by atoms with Gasteiger partial charge in [-0.1, -0.05) is 52.2 Å². The van der Waals surface area contributed by atoms with Gasteiger partial charge in [-0.05, 0) is 109 Å². The minimum atomic E-state index is 0. The minimum absolute atomic E-state index is 0. The van der Waals surface area contributed by atoms with E-state index in [0.29, 0.717) is 18.4 Å². The molecule has 36 heavy (non-hydrogen) atoms. The molecule has 4 nitrogen and oxygen atoms in total. The lowest BCUT2D eigenvalue weighted by Crippen LogP contribution is -2.27. The van der Waals surface area contributed by atoms with E-state index < -0.39 is 0 Å². The van der Waals surface area contributed by atoms with Crippen molar-refractivity contribution in [1.29, 1.82) is 0 Å². The van der Waals surface area contributed by atoms with Crippen LogP contribution in [0.3, 0.4) is 0 Å². The number of aliphatic imine (C=N–C) groups is 1. The van der Waals surface area contributed by atoms with Gasteiger partial charge in [-0.15, -0.1) is 5.73 Å². The van der Waals surface area contributed by atoms with Gasteiger partial charge in [0.15, 0.2) is 5.78 Å². The Bertz CT molecular complexity index is 747. The van der Waals surface area contributed by atoms with Crippen molar-refractivity contribution in [1.82, 2.24) is 10.6 Å². The average Bonchev–Trinajstić information content (AvgIpc) is 3.12. The third kappa shape index (κ3) is 12.1. The summed E-state index contributed by atoms with van der Waals surface area (Å²) >= 11 is 0. The smallest absolute Gasteiger partial charge is 0.181 e. The number of hydrogen-bond donors (Lipinski definition) is 2. The fourth-order valence-electron chi connectivity index (χ4n) is 5.83. The van der Waals surface area contributed by atoms with Crippen molar-refractivity contribution in [2.24, 2.45) is 16.8 Å². The number of ketones is 1. The summed E-state index contributed by atoms with van der Waals surface area (Å²) in [6.45, 7) is 16.7. The van der Waals surface area contributed by atoms with Gasteiger partial charge < -0.3 is 10.6 Å². The maximum absolute atomic E-state index is 12.9. The molecule has 0 aromatic heterocycles. The molecule has 2 fully saturated rings. The van der Waals surface area contributed by atoms with E-state index in [-0.39, 0.29) is 8.64 Å². The van der Waals surface area contributed by atoms with Crippen LogP contribution in [0.2, 0.25) is 0 Å². The number of allylic oxidation sites excluding steroid dienone is 3. The van der Waals surface area contributed by atoms with E-state index in [1.54, 1.807) is 7.05 Å². The standard InChI is InChI=1S/C22H34N2O.C8H17N.C2H6.2H2/c1-5-17(3)24-19-11-8-10-18(13-14-19)15-21(25)22(23-4)20-12-7-6-9-16(20)2;1-2-3-8-4-6-9-7-5-8;1-2;;/h18-19,24H,1,6-15H2,2-4H3;8-9H,2-7H2,1H3;1-2H3;2*1H. The molecule has 0 spiro atoms. The first-order chi connectivity index (χ1) is 17.5. The van der Waals surface area contributed by atoms with Crippen LogP contribution in [0.15, 0.2) is 34.1 Å². The zero-order chi connectivity index (χ0) is 26.8. The molecule has 0 amide bonds. The van der Waals surface area contributed by atoms with Crippen molar-refractivity contribution in [2.75, 3.05) is 20.1 Å². The molecule has 1 saturated carbocycles. The van der Waals surface area contributed by atoms with Crippen LogP contribution < -0.4 is 10.6 Å². The van der Waals surface area contributed by atoms with Gasteiger partial charge in [0.2, 0.25) is 0 Å². The second-order valence-electron chi connectivity index (χ2n) is 10.7. The second kappa shape index (κ2) is 19.5. The summed E-state index contributed by atoms with van der Waals surface area (Å²) in [6, 6.07) is 0.497. The molecule has 3 rings (SSSR count). The molecular formula is C32H61N3O. The van der Waals surface area contributed by atoms with Crippen LogP contribution >= 0.6 is 0 Å². The average molecular weight is 504 g/mol. The molecule has 210 valence electrons. The number of rotatable bonds is 8. The molecule has 3 aliphatic rings. The molecule has 2 atom stereocenters. The Morgan fingerprint density at radius 3 is 2.36 bits per heavy atom. The fraction of sp³-hybridized carbons (Fsp3) is 0.781. The predicted octanol–water partition coefficient (Wildman–Crippen LogP) is 8.44. The van der Waals surface area contributed by atoms with Crippen molar-refractivity contribution in [3.05, 3.63) is 29.2 Å². The first-order valence-electron chi connectivity index (χ1n) is 15.0. The topological polar surface area (TPSA) is 53.5 Å². The Hall–Kier alpha value is -1.64. The number of hydrogen-bond acceptors (Lipinski definition) is 4. The van der Waals surface area contributed by atoms with Crippen molar-refractivity contribution in [3.63, 3.8) is 0 Å². The van der Waals surface area contributed by atoms with Gasteiger partial charge in [-0.2, -0.15) is 0 Å². The Morgan fingerprint density at radius 2 is 1.75 bits per heavy atom. The Morgan fingerprint density at radius 1 is 1.06 bits per heavy atom. The summed E-state index contributed by atoms with van der Waals surface area (Å²) in [4.78, 5) is 17.3. The Kier molecular flexibility index (Phi) is 17.5. The molecule has 2 aliphatic carbocycles. The van der Waals surface area contributed by atoms with E-state index in [1.807, 2.05) is 20.8 Å². The number of Topliss-reactive ketones (excluding diaryl/α,β-unsaturated/α-hetero) is 1. The number of nitrogens with zero attached hydrogens (tertiary/aromatic N) is 1. The maximum atomic E-state index is 12.9. The highest BCUT2D eigenvalue weighted by atomic mass is 16.1. The highest BCUT2D eigenvalue weighted by molar-refractivity contribution is 6.46. The molecule has 0 radical (unpaired) electrons. The monoisotopic (exact) mass is 503 g/mol. The van der Waals surface area contributed by atoms with Gasteiger partial charge >= 0.3 is 0 Å². The molecule has 1 heterocycles.